The molecule has 2 amide bonds. The van der Waals surface area contributed by atoms with E-state index in [0.717, 1.165) is 16.8 Å². The van der Waals surface area contributed by atoms with Crippen LogP contribution in [-0.4, -0.2) is 46.2 Å². The van der Waals surface area contributed by atoms with Gasteiger partial charge < -0.3 is 15.0 Å². The zero-order chi connectivity index (χ0) is 22.4. The van der Waals surface area contributed by atoms with Gasteiger partial charge in [0.1, 0.15) is 17.1 Å². The minimum absolute atomic E-state index is 0.178. The van der Waals surface area contributed by atoms with Crippen LogP contribution >= 0.6 is 0 Å². The van der Waals surface area contributed by atoms with Crippen molar-refractivity contribution in [3.05, 3.63) is 71.4 Å². The van der Waals surface area contributed by atoms with E-state index in [-0.39, 0.29) is 18.4 Å². The molecule has 1 heterocycles. The molecule has 0 fully saturated rings. The van der Waals surface area contributed by atoms with Gasteiger partial charge in [0.05, 0.1) is 11.9 Å². The molecule has 0 spiro atoms. The highest BCUT2D eigenvalue weighted by Crippen LogP contribution is 2.23. The average molecular weight is 421 g/mol. The summed E-state index contributed by atoms with van der Waals surface area (Å²) in [5, 5.41) is 7.20. The molecule has 0 saturated heterocycles. The van der Waals surface area contributed by atoms with E-state index in [9.17, 15) is 9.59 Å². The molecular weight excluding hydrogens is 392 g/mol. The zero-order valence-corrected chi connectivity index (χ0v) is 18.4. The first-order chi connectivity index (χ1) is 14.9. The molecule has 0 unspecified atom stereocenters. The summed E-state index contributed by atoms with van der Waals surface area (Å²) in [5.41, 5.74) is 3.17. The number of hydrogen-bond acceptors (Lipinski definition) is 4. The molecule has 0 bridgehead atoms. The maximum atomic E-state index is 13.0. The molecule has 7 nitrogen and oxygen atoms in total. The molecule has 3 rings (SSSR count). The van der Waals surface area contributed by atoms with Crippen LogP contribution in [0.4, 0.5) is 5.82 Å². The minimum Gasteiger partial charge on any atom is -0.483 e. The molecule has 3 aromatic rings. The molecule has 0 aliphatic carbocycles. The number of aryl methyl sites for hydroxylation is 2. The van der Waals surface area contributed by atoms with Gasteiger partial charge in [0.15, 0.2) is 6.61 Å². The number of carbonyl (C=O) groups is 2. The number of benzene rings is 2. The molecule has 0 radical (unpaired) electrons. The smallest absolute Gasteiger partial charge is 0.263 e. The first-order valence-corrected chi connectivity index (χ1v) is 10.4. The average Bonchev–Trinajstić information content (AvgIpc) is 3.18. The lowest BCUT2D eigenvalue weighted by Crippen LogP contribution is -2.31. The molecular formula is C24H28N4O3. The Bertz CT molecular complexity index is 1060. The monoisotopic (exact) mass is 420 g/mol. The van der Waals surface area contributed by atoms with Gasteiger partial charge in [0.2, 0.25) is 0 Å². The van der Waals surface area contributed by atoms with Crippen LogP contribution in [0.15, 0.2) is 54.7 Å². The second kappa shape index (κ2) is 9.93. The van der Waals surface area contributed by atoms with Gasteiger partial charge in [0, 0.05) is 13.1 Å². The van der Waals surface area contributed by atoms with Crippen LogP contribution in [0.25, 0.3) is 5.69 Å². The number of hydrogen-bond donors (Lipinski definition) is 1. The molecule has 7 heteroatoms. The zero-order valence-electron chi connectivity index (χ0n) is 18.4. The minimum atomic E-state index is -0.369. The fourth-order valence-corrected chi connectivity index (χ4v) is 3.34. The van der Waals surface area contributed by atoms with Gasteiger partial charge in [-0.15, -0.1) is 0 Å². The molecule has 0 saturated carbocycles. The van der Waals surface area contributed by atoms with Crippen molar-refractivity contribution >= 4 is 17.6 Å². The SMILES string of the molecule is CCN(CC)C(=O)c1cnn(-c2ccccc2)c1NC(=O)COc1ccc(C)cc1C. The van der Waals surface area contributed by atoms with Crippen LogP contribution in [0.3, 0.4) is 0 Å². The molecule has 0 atom stereocenters. The lowest BCUT2D eigenvalue weighted by atomic mass is 10.1. The van der Waals surface area contributed by atoms with Crippen LogP contribution in [0.5, 0.6) is 5.75 Å². The summed E-state index contributed by atoms with van der Waals surface area (Å²) >= 11 is 0. The van der Waals surface area contributed by atoms with Crippen molar-refractivity contribution < 1.29 is 14.3 Å². The third-order valence-corrected chi connectivity index (χ3v) is 5.00. The highest BCUT2D eigenvalue weighted by Gasteiger charge is 2.23. The lowest BCUT2D eigenvalue weighted by molar-refractivity contribution is -0.118. The Morgan fingerprint density at radius 1 is 1.06 bits per heavy atom. The van der Waals surface area contributed by atoms with Crippen molar-refractivity contribution in [2.45, 2.75) is 27.7 Å². The van der Waals surface area contributed by atoms with Crippen LogP contribution in [-0.2, 0) is 4.79 Å². The number of nitrogens with zero attached hydrogens (tertiary/aromatic N) is 3. The number of para-hydroxylation sites is 1. The molecule has 31 heavy (non-hydrogen) atoms. The van der Waals surface area contributed by atoms with Gasteiger partial charge in [-0.3, -0.25) is 9.59 Å². The number of anilines is 1. The fourth-order valence-electron chi connectivity index (χ4n) is 3.34. The number of ether oxygens (including phenoxy) is 1. The number of amides is 2. The third-order valence-electron chi connectivity index (χ3n) is 5.00. The number of carbonyl (C=O) groups excluding carboxylic acids is 2. The molecule has 1 aromatic heterocycles. The van der Waals surface area contributed by atoms with Gasteiger partial charge in [-0.25, -0.2) is 4.68 Å². The highest BCUT2D eigenvalue weighted by atomic mass is 16.5. The Hall–Kier alpha value is -3.61. The second-order valence-corrected chi connectivity index (χ2v) is 7.24. The maximum Gasteiger partial charge on any atom is 0.263 e. The van der Waals surface area contributed by atoms with E-state index in [2.05, 4.69) is 10.4 Å². The summed E-state index contributed by atoms with van der Waals surface area (Å²) in [7, 11) is 0. The van der Waals surface area contributed by atoms with E-state index in [1.807, 2.05) is 76.2 Å². The molecule has 0 aliphatic rings. The summed E-state index contributed by atoms with van der Waals surface area (Å²) in [6.07, 6.45) is 1.49. The molecule has 162 valence electrons. The van der Waals surface area contributed by atoms with E-state index in [4.69, 9.17) is 4.74 Å². The molecule has 1 N–H and O–H groups in total. The van der Waals surface area contributed by atoms with Crippen LogP contribution in [0, 0.1) is 13.8 Å². The van der Waals surface area contributed by atoms with Crippen molar-refractivity contribution in [2.24, 2.45) is 0 Å². The molecule has 2 aromatic carbocycles. The molecule has 0 aliphatic heterocycles. The predicted octanol–water partition coefficient (Wildman–Crippen LogP) is 3.99. The van der Waals surface area contributed by atoms with Gasteiger partial charge in [-0.05, 0) is 51.5 Å². The van der Waals surface area contributed by atoms with E-state index in [0.29, 0.717) is 30.2 Å². The largest absolute Gasteiger partial charge is 0.483 e. The normalized spacial score (nSPS) is 10.6. The first kappa shape index (κ1) is 22.1. The van der Waals surface area contributed by atoms with Gasteiger partial charge in [0.25, 0.3) is 11.8 Å². The summed E-state index contributed by atoms with van der Waals surface area (Å²) in [6.45, 7) is 8.72. The van der Waals surface area contributed by atoms with Crippen molar-refractivity contribution in [1.82, 2.24) is 14.7 Å². The first-order valence-electron chi connectivity index (χ1n) is 10.4. The van der Waals surface area contributed by atoms with Crippen LogP contribution < -0.4 is 10.1 Å². The quantitative estimate of drug-likeness (QED) is 0.598. The van der Waals surface area contributed by atoms with Gasteiger partial charge in [-0.1, -0.05) is 35.9 Å². The van der Waals surface area contributed by atoms with Crippen molar-refractivity contribution in [3.8, 4) is 11.4 Å². The van der Waals surface area contributed by atoms with Gasteiger partial charge >= 0.3 is 0 Å². The third kappa shape index (κ3) is 5.12. The van der Waals surface area contributed by atoms with Crippen molar-refractivity contribution in [2.75, 3.05) is 25.0 Å². The predicted molar refractivity (Wildman–Crippen MR) is 121 cm³/mol. The highest BCUT2D eigenvalue weighted by molar-refractivity contribution is 6.03. The van der Waals surface area contributed by atoms with Gasteiger partial charge in [-0.2, -0.15) is 5.10 Å². The van der Waals surface area contributed by atoms with Crippen LogP contribution in [0.2, 0.25) is 0 Å². The Kier molecular flexibility index (Phi) is 7.07. The van der Waals surface area contributed by atoms with E-state index in [1.165, 1.54) is 6.20 Å². The van der Waals surface area contributed by atoms with Crippen molar-refractivity contribution in [1.29, 1.82) is 0 Å². The summed E-state index contributed by atoms with van der Waals surface area (Å²) < 4.78 is 7.26. The Morgan fingerprint density at radius 3 is 2.42 bits per heavy atom. The van der Waals surface area contributed by atoms with E-state index in [1.54, 1.807) is 9.58 Å². The standard InChI is InChI=1S/C24H28N4O3/c1-5-27(6-2)24(30)20-15-25-28(19-10-8-7-9-11-19)23(20)26-22(29)16-31-21-13-12-17(3)14-18(21)4/h7-15H,5-6,16H2,1-4H3,(H,26,29). The Labute approximate surface area is 182 Å². The van der Waals surface area contributed by atoms with Crippen LogP contribution in [0.1, 0.15) is 35.3 Å². The Morgan fingerprint density at radius 2 is 1.77 bits per heavy atom. The van der Waals surface area contributed by atoms with E-state index < -0.39 is 0 Å². The number of rotatable bonds is 8. The number of nitrogens with one attached hydrogen (secondary N) is 1. The summed E-state index contributed by atoms with van der Waals surface area (Å²) in [6, 6.07) is 15.1. The topological polar surface area (TPSA) is 76.5 Å². The lowest BCUT2D eigenvalue weighted by Gasteiger charge is -2.19. The summed E-state index contributed by atoms with van der Waals surface area (Å²) in [4.78, 5) is 27.4. The number of aromatic nitrogens is 2. The maximum absolute atomic E-state index is 13.0. The Balaban J connectivity index is 1.85. The van der Waals surface area contributed by atoms with E-state index >= 15 is 0 Å². The fraction of sp³-hybridized carbons (Fsp3) is 0.292. The summed E-state index contributed by atoms with van der Waals surface area (Å²) in [5.74, 6) is 0.429. The van der Waals surface area contributed by atoms with Crippen molar-refractivity contribution in [3.63, 3.8) is 0 Å². The second-order valence-electron chi connectivity index (χ2n) is 7.24.